The van der Waals surface area contributed by atoms with Gasteiger partial charge < -0.3 is 24.4 Å². The first-order chi connectivity index (χ1) is 18.9. The summed E-state index contributed by atoms with van der Waals surface area (Å²) in [5.74, 6) is 0. The van der Waals surface area contributed by atoms with Gasteiger partial charge in [-0.15, -0.1) is 0 Å². The second-order valence-corrected chi connectivity index (χ2v) is 11.0. The molecule has 1 N–H and O–H groups in total. The number of ether oxygens (including phenoxy) is 1. The summed E-state index contributed by atoms with van der Waals surface area (Å²) in [6.07, 6.45) is 1.86. The van der Waals surface area contributed by atoms with Gasteiger partial charge >= 0.3 is 0 Å². The lowest BCUT2D eigenvalue weighted by Crippen LogP contribution is -2.36. The third-order valence-corrected chi connectivity index (χ3v) is 8.17. The van der Waals surface area contributed by atoms with Crippen LogP contribution in [0.4, 0.5) is 11.4 Å². The van der Waals surface area contributed by atoms with E-state index in [1.807, 2.05) is 18.3 Å². The van der Waals surface area contributed by atoms with E-state index in [0.717, 1.165) is 37.7 Å². The van der Waals surface area contributed by atoms with Crippen LogP contribution in [0.2, 0.25) is 0 Å². The van der Waals surface area contributed by atoms with Crippen LogP contribution in [0, 0.1) is 27.7 Å². The zero-order chi connectivity index (χ0) is 27.1. The Morgan fingerprint density at radius 2 is 1.54 bits per heavy atom. The van der Waals surface area contributed by atoms with Gasteiger partial charge in [-0.25, -0.2) is 0 Å². The van der Waals surface area contributed by atoms with Gasteiger partial charge in [-0.2, -0.15) is 0 Å². The molecule has 200 valence electrons. The lowest BCUT2D eigenvalue weighted by Gasteiger charge is -2.31. The van der Waals surface area contributed by atoms with E-state index in [1.54, 1.807) is 0 Å². The van der Waals surface area contributed by atoms with E-state index in [4.69, 9.17) is 21.9 Å². The molecule has 0 spiro atoms. The highest BCUT2D eigenvalue weighted by Crippen LogP contribution is 2.44. The number of thiocarbonyl (C=S) groups is 1. The van der Waals surface area contributed by atoms with E-state index in [-0.39, 0.29) is 12.1 Å². The van der Waals surface area contributed by atoms with Crippen molar-refractivity contribution in [1.82, 2.24) is 14.9 Å². The second-order valence-electron chi connectivity index (χ2n) is 10.6. The maximum atomic E-state index is 6.00. The predicted octanol–water partition coefficient (Wildman–Crippen LogP) is 6.12. The Bertz CT molecular complexity index is 1470. The SMILES string of the molecule is Cc1cc(C)cc(-n2c(C)cc([C@@H]3[C@@H](c4ccccn4)NC(=S)N3c3ccc(N4CCOCC4)cc3)c2C)c1. The summed E-state index contributed by atoms with van der Waals surface area (Å²) in [6, 6.07) is 23.8. The molecule has 2 fully saturated rings. The Morgan fingerprint density at radius 1 is 0.846 bits per heavy atom. The highest BCUT2D eigenvalue weighted by atomic mass is 32.1. The predicted molar refractivity (Wildman–Crippen MR) is 162 cm³/mol. The molecule has 2 saturated heterocycles. The summed E-state index contributed by atoms with van der Waals surface area (Å²) in [5.41, 5.74) is 10.6. The Kier molecular flexibility index (Phi) is 6.87. The van der Waals surface area contributed by atoms with Crippen molar-refractivity contribution in [2.45, 2.75) is 39.8 Å². The van der Waals surface area contributed by atoms with Crippen molar-refractivity contribution in [3.05, 3.63) is 107 Å². The number of rotatable bonds is 5. The minimum Gasteiger partial charge on any atom is -0.378 e. The van der Waals surface area contributed by atoms with Crippen LogP contribution in [0.25, 0.3) is 5.69 Å². The minimum atomic E-state index is -0.0779. The Labute approximate surface area is 236 Å². The lowest BCUT2D eigenvalue weighted by atomic mass is 9.96. The monoisotopic (exact) mass is 537 g/mol. The average molecular weight is 538 g/mol. The highest BCUT2D eigenvalue weighted by Gasteiger charge is 2.42. The molecule has 2 aromatic carbocycles. The standard InChI is InChI=1S/C32H35N5OS/c1-21-17-22(2)19-27(18-21)36-23(3)20-28(24(36)4)31-30(29-7-5-6-12-33-29)34-32(39)37(31)26-10-8-25(9-11-26)35-13-15-38-16-14-35/h5-12,17-20,30-31H,13-16H2,1-4H3,(H,34,39)/t30-,31-/m1/s1. The van der Waals surface area contributed by atoms with Crippen LogP contribution >= 0.6 is 12.2 Å². The molecule has 6 nitrogen and oxygen atoms in total. The molecule has 2 aliphatic rings. The summed E-state index contributed by atoms with van der Waals surface area (Å²) in [5, 5.41) is 4.33. The van der Waals surface area contributed by atoms with Crippen LogP contribution < -0.4 is 15.1 Å². The lowest BCUT2D eigenvalue weighted by molar-refractivity contribution is 0.122. The number of hydrogen-bond acceptors (Lipinski definition) is 4. The normalized spacial score (nSPS) is 19.4. The van der Waals surface area contributed by atoms with Crippen LogP contribution in [0.1, 0.15) is 45.9 Å². The molecule has 0 saturated carbocycles. The van der Waals surface area contributed by atoms with Crippen molar-refractivity contribution in [2.24, 2.45) is 0 Å². The minimum absolute atomic E-state index is 0.0486. The molecule has 0 radical (unpaired) electrons. The number of benzene rings is 2. The van der Waals surface area contributed by atoms with Gasteiger partial charge in [0.1, 0.15) is 0 Å². The van der Waals surface area contributed by atoms with Crippen molar-refractivity contribution in [1.29, 1.82) is 0 Å². The average Bonchev–Trinajstić information content (AvgIpc) is 3.44. The summed E-state index contributed by atoms with van der Waals surface area (Å²) in [7, 11) is 0. The molecule has 4 heterocycles. The van der Waals surface area contributed by atoms with Gasteiger partial charge in [0.2, 0.25) is 0 Å². The number of hydrogen-bond donors (Lipinski definition) is 1. The number of aromatic nitrogens is 2. The molecule has 2 atom stereocenters. The molecule has 0 unspecified atom stereocenters. The van der Waals surface area contributed by atoms with Crippen LogP contribution in [0.15, 0.2) is 72.9 Å². The molecule has 7 heteroatoms. The van der Waals surface area contributed by atoms with Gasteiger partial charge in [-0.1, -0.05) is 12.1 Å². The van der Waals surface area contributed by atoms with Crippen molar-refractivity contribution in [3.8, 4) is 5.69 Å². The molecular weight excluding hydrogens is 502 g/mol. The number of aryl methyl sites for hydroxylation is 3. The zero-order valence-electron chi connectivity index (χ0n) is 23.0. The first kappa shape index (κ1) is 25.6. The summed E-state index contributed by atoms with van der Waals surface area (Å²) >= 11 is 6.00. The first-order valence-electron chi connectivity index (χ1n) is 13.6. The topological polar surface area (TPSA) is 45.6 Å². The summed E-state index contributed by atoms with van der Waals surface area (Å²) in [6.45, 7) is 12.1. The molecular formula is C32H35N5OS. The zero-order valence-corrected chi connectivity index (χ0v) is 23.8. The molecule has 0 amide bonds. The number of pyridine rings is 1. The van der Waals surface area contributed by atoms with E-state index >= 15 is 0 Å². The van der Waals surface area contributed by atoms with Crippen LogP contribution in [0.5, 0.6) is 0 Å². The highest BCUT2D eigenvalue weighted by molar-refractivity contribution is 7.80. The van der Waals surface area contributed by atoms with Crippen molar-refractivity contribution in [3.63, 3.8) is 0 Å². The van der Waals surface area contributed by atoms with Crippen molar-refractivity contribution >= 4 is 28.7 Å². The van der Waals surface area contributed by atoms with E-state index in [1.165, 1.54) is 39.5 Å². The molecule has 39 heavy (non-hydrogen) atoms. The van der Waals surface area contributed by atoms with E-state index < -0.39 is 0 Å². The summed E-state index contributed by atoms with van der Waals surface area (Å²) in [4.78, 5) is 9.38. The van der Waals surface area contributed by atoms with Crippen molar-refractivity contribution in [2.75, 3.05) is 36.1 Å². The number of nitrogens with zero attached hydrogens (tertiary/aromatic N) is 4. The third-order valence-electron chi connectivity index (χ3n) is 7.86. The van der Waals surface area contributed by atoms with Crippen LogP contribution in [-0.2, 0) is 4.74 Å². The molecule has 2 aromatic heterocycles. The van der Waals surface area contributed by atoms with Crippen molar-refractivity contribution < 1.29 is 4.74 Å². The molecule has 0 bridgehead atoms. The van der Waals surface area contributed by atoms with Crippen LogP contribution in [0.3, 0.4) is 0 Å². The van der Waals surface area contributed by atoms with Gasteiger partial charge in [0.25, 0.3) is 0 Å². The molecule has 6 rings (SSSR count). The largest absolute Gasteiger partial charge is 0.378 e. The van der Waals surface area contributed by atoms with E-state index in [2.05, 4.69) is 102 Å². The Balaban J connectivity index is 1.44. The molecule has 4 aromatic rings. The van der Waals surface area contributed by atoms with E-state index in [0.29, 0.717) is 5.11 Å². The fourth-order valence-corrected chi connectivity index (χ4v) is 6.50. The van der Waals surface area contributed by atoms with Gasteiger partial charge in [0, 0.05) is 47.7 Å². The first-order valence-corrected chi connectivity index (χ1v) is 14.0. The van der Waals surface area contributed by atoms with Crippen LogP contribution in [-0.4, -0.2) is 41.0 Å². The van der Waals surface area contributed by atoms with Gasteiger partial charge in [0.15, 0.2) is 5.11 Å². The van der Waals surface area contributed by atoms with E-state index in [9.17, 15) is 0 Å². The van der Waals surface area contributed by atoms with Gasteiger partial charge in [-0.05, 0) is 111 Å². The van der Waals surface area contributed by atoms with Gasteiger partial charge in [0.05, 0.1) is 31.0 Å². The fourth-order valence-electron chi connectivity index (χ4n) is 6.16. The fraction of sp³-hybridized carbons (Fsp3) is 0.312. The number of nitrogens with one attached hydrogen (secondary N) is 1. The number of anilines is 2. The molecule has 0 aliphatic carbocycles. The van der Waals surface area contributed by atoms with Gasteiger partial charge in [-0.3, -0.25) is 4.98 Å². The number of morpholine rings is 1. The maximum absolute atomic E-state index is 6.00. The quantitative estimate of drug-likeness (QED) is 0.310. The third kappa shape index (κ3) is 4.81. The smallest absolute Gasteiger partial charge is 0.174 e. The maximum Gasteiger partial charge on any atom is 0.174 e. The summed E-state index contributed by atoms with van der Waals surface area (Å²) < 4.78 is 7.91. The second kappa shape index (κ2) is 10.5. The Hall–Kier alpha value is -3.68. The Morgan fingerprint density at radius 3 is 2.21 bits per heavy atom. The molecule has 2 aliphatic heterocycles.